The summed E-state index contributed by atoms with van der Waals surface area (Å²) in [7, 11) is 0. The maximum atomic E-state index is 13.5. The SMILES string of the molecule is Fc1c(Cl)ncnc1Nc1cc(C2CC2)[nH]n1. The molecule has 2 heterocycles. The molecule has 0 radical (unpaired) electrons. The number of H-pyrrole nitrogens is 1. The average Bonchev–Trinajstić information content (AvgIpc) is 3.06. The summed E-state index contributed by atoms with van der Waals surface area (Å²) in [5, 5.41) is 9.50. The molecule has 1 aliphatic rings. The first-order valence-corrected chi connectivity index (χ1v) is 5.60. The first-order chi connectivity index (χ1) is 8.24. The van der Waals surface area contributed by atoms with Crippen LogP contribution >= 0.6 is 11.6 Å². The monoisotopic (exact) mass is 253 g/mol. The molecule has 3 rings (SSSR count). The largest absolute Gasteiger partial charge is 0.321 e. The smallest absolute Gasteiger partial charge is 0.203 e. The Morgan fingerprint density at radius 1 is 1.41 bits per heavy atom. The van der Waals surface area contributed by atoms with Crippen molar-refractivity contribution in [3.8, 4) is 0 Å². The van der Waals surface area contributed by atoms with Gasteiger partial charge in [-0.2, -0.15) is 9.49 Å². The summed E-state index contributed by atoms with van der Waals surface area (Å²) in [6.45, 7) is 0. The lowest BCUT2D eigenvalue weighted by atomic mass is 10.3. The molecule has 0 atom stereocenters. The van der Waals surface area contributed by atoms with Gasteiger partial charge in [0.1, 0.15) is 6.33 Å². The third kappa shape index (κ3) is 2.08. The van der Waals surface area contributed by atoms with Crippen LogP contribution < -0.4 is 5.32 Å². The molecule has 7 heteroatoms. The van der Waals surface area contributed by atoms with Crippen LogP contribution in [0.4, 0.5) is 16.0 Å². The van der Waals surface area contributed by atoms with Gasteiger partial charge in [0, 0.05) is 17.7 Å². The number of anilines is 2. The van der Waals surface area contributed by atoms with Gasteiger partial charge in [-0.1, -0.05) is 11.6 Å². The third-order valence-corrected chi connectivity index (χ3v) is 2.87. The molecule has 0 saturated heterocycles. The highest BCUT2D eigenvalue weighted by molar-refractivity contribution is 6.29. The maximum Gasteiger partial charge on any atom is 0.203 e. The van der Waals surface area contributed by atoms with Crippen molar-refractivity contribution in [3.63, 3.8) is 0 Å². The predicted molar refractivity (Wildman–Crippen MR) is 60.8 cm³/mol. The van der Waals surface area contributed by atoms with Crippen LogP contribution in [0.25, 0.3) is 0 Å². The molecule has 0 amide bonds. The van der Waals surface area contributed by atoms with Gasteiger partial charge in [0.25, 0.3) is 0 Å². The second-order valence-corrected chi connectivity index (χ2v) is 4.29. The number of hydrogen-bond acceptors (Lipinski definition) is 4. The van der Waals surface area contributed by atoms with Gasteiger partial charge in [0.2, 0.25) is 5.82 Å². The molecule has 1 saturated carbocycles. The van der Waals surface area contributed by atoms with Crippen molar-refractivity contribution in [2.75, 3.05) is 5.32 Å². The Morgan fingerprint density at radius 3 is 3.00 bits per heavy atom. The van der Waals surface area contributed by atoms with Gasteiger partial charge >= 0.3 is 0 Å². The highest BCUT2D eigenvalue weighted by Crippen LogP contribution is 2.39. The van der Waals surface area contributed by atoms with Gasteiger partial charge in [0.15, 0.2) is 16.8 Å². The zero-order valence-corrected chi connectivity index (χ0v) is 9.50. The zero-order chi connectivity index (χ0) is 11.8. The van der Waals surface area contributed by atoms with Gasteiger partial charge in [-0.25, -0.2) is 9.97 Å². The fraction of sp³-hybridized carbons (Fsp3) is 0.300. The summed E-state index contributed by atoms with van der Waals surface area (Å²) in [4.78, 5) is 7.30. The molecular weight excluding hydrogens is 245 g/mol. The fourth-order valence-corrected chi connectivity index (χ4v) is 1.69. The Kier molecular flexibility index (Phi) is 2.44. The van der Waals surface area contributed by atoms with Crippen LogP contribution in [0.5, 0.6) is 0 Å². The van der Waals surface area contributed by atoms with E-state index in [1.807, 2.05) is 6.07 Å². The van der Waals surface area contributed by atoms with Crippen LogP contribution in [0, 0.1) is 5.82 Å². The Hall–Kier alpha value is -1.69. The van der Waals surface area contributed by atoms with E-state index in [4.69, 9.17) is 11.6 Å². The van der Waals surface area contributed by atoms with Crippen molar-refractivity contribution in [2.45, 2.75) is 18.8 Å². The van der Waals surface area contributed by atoms with Crippen LogP contribution in [0.2, 0.25) is 5.15 Å². The molecule has 1 aliphatic carbocycles. The van der Waals surface area contributed by atoms with Gasteiger partial charge in [-0.05, 0) is 12.8 Å². The summed E-state index contributed by atoms with van der Waals surface area (Å²) in [6, 6.07) is 1.85. The van der Waals surface area contributed by atoms with E-state index in [-0.39, 0.29) is 11.0 Å². The molecule has 2 aromatic rings. The molecule has 0 unspecified atom stereocenters. The van der Waals surface area contributed by atoms with Crippen molar-refractivity contribution < 1.29 is 4.39 Å². The molecule has 2 N–H and O–H groups in total. The summed E-state index contributed by atoms with van der Waals surface area (Å²) < 4.78 is 13.5. The number of nitrogens with zero attached hydrogens (tertiary/aromatic N) is 3. The number of rotatable bonds is 3. The Balaban J connectivity index is 1.83. The molecule has 0 bridgehead atoms. The molecule has 0 aliphatic heterocycles. The Labute approximate surface area is 101 Å². The standard InChI is InChI=1S/C10H9ClFN5/c11-9-8(12)10(14-4-13-9)15-7-3-6(16-17-7)5-1-2-5/h3-5H,1-2H2,(H2,13,14,15,16,17). The topological polar surface area (TPSA) is 66.5 Å². The van der Waals surface area contributed by atoms with Crippen LogP contribution in [-0.2, 0) is 0 Å². The van der Waals surface area contributed by atoms with Crippen molar-refractivity contribution in [2.24, 2.45) is 0 Å². The molecule has 17 heavy (non-hydrogen) atoms. The fourth-order valence-electron chi connectivity index (χ4n) is 1.56. The third-order valence-electron chi connectivity index (χ3n) is 2.61. The molecule has 0 aromatic carbocycles. The average molecular weight is 254 g/mol. The quantitative estimate of drug-likeness (QED) is 0.825. The molecular formula is C10H9ClFN5. The van der Waals surface area contributed by atoms with Crippen LogP contribution in [-0.4, -0.2) is 20.2 Å². The lowest BCUT2D eigenvalue weighted by molar-refractivity contribution is 0.619. The van der Waals surface area contributed by atoms with Crippen LogP contribution in [0.3, 0.4) is 0 Å². The lowest BCUT2D eigenvalue weighted by Crippen LogP contribution is -1.99. The minimum absolute atomic E-state index is 0.0267. The molecule has 0 spiro atoms. The molecule has 5 nitrogen and oxygen atoms in total. The molecule has 2 aromatic heterocycles. The van der Waals surface area contributed by atoms with E-state index < -0.39 is 5.82 Å². The van der Waals surface area contributed by atoms with Crippen molar-refractivity contribution >= 4 is 23.2 Å². The van der Waals surface area contributed by atoms with Gasteiger partial charge in [-0.15, -0.1) is 0 Å². The summed E-state index contributed by atoms with van der Waals surface area (Å²) >= 11 is 5.55. The van der Waals surface area contributed by atoms with E-state index in [2.05, 4.69) is 25.5 Å². The first kappa shape index (κ1) is 10.5. The summed E-state index contributed by atoms with van der Waals surface area (Å²) in [6.07, 6.45) is 3.55. The number of nitrogens with one attached hydrogen (secondary N) is 2. The van der Waals surface area contributed by atoms with E-state index >= 15 is 0 Å². The van der Waals surface area contributed by atoms with E-state index in [9.17, 15) is 4.39 Å². The van der Waals surface area contributed by atoms with Gasteiger partial charge in [-0.3, -0.25) is 5.10 Å². The van der Waals surface area contributed by atoms with E-state index in [0.29, 0.717) is 11.7 Å². The lowest BCUT2D eigenvalue weighted by Gasteiger charge is -2.02. The van der Waals surface area contributed by atoms with Gasteiger partial charge in [0.05, 0.1) is 0 Å². The van der Waals surface area contributed by atoms with E-state index in [1.54, 1.807) is 0 Å². The van der Waals surface area contributed by atoms with E-state index in [0.717, 1.165) is 5.69 Å². The second-order valence-electron chi connectivity index (χ2n) is 3.93. The first-order valence-electron chi connectivity index (χ1n) is 5.22. The van der Waals surface area contributed by atoms with E-state index in [1.165, 1.54) is 19.2 Å². The molecule has 1 fully saturated rings. The maximum absolute atomic E-state index is 13.5. The predicted octanol–water partition coefficient (Wildman–Crippen LogP) is 2.61. The number of aromatic amines is 1. The summed E-state index contributed by atoms with van der Waals surface area (Å²) in [5.41, 5.74) is 1.06. The number of aromatic nitrogens is 4. The van der Waals surface area contributed by atoms with Crippen molar-refractivity contribution in [3.05, 3.63) is 29.1 Å². The molecule has 88 valence electrons. The Morgan fingerprint density at radius 2 is 2.24 bits per heavy atom. The highest BCUT2D eigenvalue weighted by Gasteiger charge is 2.25. The number of hydrogen-bond donors (Lipinski definition) is 2. The summed E-state index contributed by atoms with van der Waals surface area (Å²) in [5.74, 6) is 0.446. The zero-order valence-electron chi connectivity index (χ0n) is 8.74. The minimum atomic E-state index is -0.676. The second kappa shape index (κ2) is 3.96. The van der Waals surface area contributed by atoms with Gasteiger partial charge < -0.3 is 5.32 Å². The number of halogens is 2. The Bertz CT molecular complexity index is 551. The van der Waals surface area contributed by atoms with Crippen molar-refractivity contribution in [1.29, 1.82) is 0 Å². The normalized spacial score (nSPS) is 14.9. The highest BCUT2D eigenvalue weighted by atomic mass is 35.5. The van der Waals surface area contributed by atoms with Crippen molar-refractivity contribution in [1.82, 2.24) is 20.2 Å². The van der Waals surface area contributed by atoms with Crippen LogP contribution in [0.1, 0.15) is 24.5 Å². The van der Waals surface area contributed by atoms with Crippen LogP contribution in [0.15, 0.2) is 12.4 Å². The minimum Gasteiger partial charge on any atom is -0.321 e.